The predicted molar refractivity (Wildman–Crippen MR) is 137 cm³/mol. The van der Waals surface area contributed by atoms with Crippen molar-refractivity contribution >= 4 is 48.3 Å². The summed E-state index contributed by atoms with van der Waals surface area (Å²) < 4.78 is 41.7. The fourth-order valence-electron chi connectivity index (χ4n) is 4.38. The molecule has 12 heteroatoms. The molecule has 1 aliphatic heterocycles. The molecule has 4 aromatic rings. The van der Waals surface area contributed by atoms with Gasteiger partial charge in [0.05, 0.1) is 27.6 Å². The van der Waals surface area contributed by atoms with Gasteiger partial charge < -0.3 is 11.1 Å². The van der Waals surface area contributed by atoms with Crippen molar-refractivity contribution in [3.8, 4) is 11.1 Å². The van der Waals surface area contributed by atoms with Gasteiger partial charge in [-0.1, -0.05) is 0 Å². The molecule has 4 heterocycles. The highest BCUT2D eigenvalue weighted by Crippen LogP contribution is 2.31. The van der Waals surface area contributed by atoms with Crippen LogP contribution in [0.15, 0.2) is 41.1 Å². The lowest BCUT2D eigenvalue weighted by Gasteiger charge is -2.31. The van der Waals surface area contributed by atoms with E-state index in [-0.39, 0.29) is 17.6 Å². The van der Waals surface area contributed by atoms with E-state index in [2.05, 4.69) is 31.3 Å². The van der Waals surface area contributed by atoms with Crippen molar-refractivity contribution in [1.82, 2.24) is 29.2 Å². The number of sulfonamides is 1. The van der Waals surface area contributed by atoms with E-state index in [0.717, 1.165) is 29.7 Å². The van der Waals surface area contributed by atoms with E-state index in [4.69, 9.17) is 10.7 Å². The molecule has 0 spiro atoms. The van der Waals surface area contributed by atoms with Crippen molar-refractivity contribution in [2.45, 2.75) is 32.4 Å². The number of nitrogen functional groups attached to an aromatic ring is 1. The first-order chi connectivity index (χ1) is 16.8. The zero-order valence-corrected chi connectivity index (χ0v) is 21.5. The summed E-state index contributed by atoms with van der Waals surface area (Å²) in [5, 5.41) is 8.57. The number of benzene rings is 1. The maximum Gasteiger partial charge on any atom is 0.213 e. The largest absolute Gasteiger partial charge is 0.383 e. The number of nitrogens with one attached hydrogen (secondary N) is 1. The molecular weight excluding hydrogens is 537 g/mol. The van der Waals surface area contributed by atoms with Crippen molar-refractivity contribution in [2.24, 2.45) is 0 Å². The second-order valence-corrected chi connectivity index (χ2v) is 11.6. The minimum Gasteiger partial charge on any atom is -0.383 e. The van der Waals surface area contributed by atoms with E-state index in [1.54, 1.807) is 34.2 Å². The van der Waals surface area contributed by atoms with Crippen molar-refractivity contribution in [3.05, 3.63) is 52.6 Å². The fourth-order valence-corrected chi connectivity index (χ4v) is 5.90. The lowest BCUT2D eigenvalue weighted by molar-refractivity contribution is 0.288. The molecular formula is C23H25BrFN7O2S. The zero-order valence-electron chi connectivity index (χ0n) is 19.1. The fraction of sp³-hybridized carbons (Fsp3) is 0.348. The zero-order chi connectivity index (χ0) is 24.7. The number of hydrogen-bond donors (Lipinski definition) is 2. The van der Waals surface area contributed by atoms with Crippen LogP contribution in [0.5, 0.6) is 0 Å². The third kappa shape index (κ3) is 4.63. The van der Waals surface area contributed by atoms with E-state index in [0.29, 0.717) is 46.5 Å². The summed E-state index contributed by atoms with van der Waals surface area (Å²) in [5.74, 6) is 0.215. The van der Waals surface area contributed by atoms with Gasteiger partial charge in [0.2, 0.25) is 10.0 Å². The Balaban J connectivity index is 1.40. The van der Waals surface area contributed by atoms with Crippen molar-refractivity contribution in [1.29, 1.82) is 0 Å². The topological polar surface area (TPSA) is 119 Å². The molecule has 184 valence electrons. The van der Waals surface area contributed by atoms with Gasteiger partial charge in [-0.25, -0.2) is 22.1 Å². The number of nitrogens with two attached hydrogens (primary N) is 1. The third-order valence-corrected chi connectivity index (χ3v) is 9.16. The van der Waals surface area contributed by atoms with Gasteiger partial charge in [0.25, 0.3) is 0 Å². The standard InChI is InChI=1S/C23H25BrFN7O2S/c1-2-35(33,34)31-7-5-17(6-8-31)27-13-20-21(24)22(26)32-23(30-20)18(12-29-32)15-9-14-10-16(25)3-4-19(14)28-11-15/h3-4,9-12,17,27H,2,5-8,13,26H2,1H3. The van der Waals surface area contributed by atoms with Crippen LogP contribution < -0.4 is 11.1 Å². The Hall–Kier alpha value is -2.67. The van der Waals surface area contributed by atoms with Crippen LogP contribution in [-0.4, -0.2) is 57.2 Å². The molecule has 1 aromatic carbocycles. The molecule has 0 bridgehead atoms. The first-order valence-electron chi connectivity index (χ1n) is 11.4. The number of halogens is 2. The number of fused-ring (bicyclic) bond motifs is 2. The lowest BCUT2D eigenvalue weighted by atomic mass is 10.1. The molecule has 1 fully saturated rings. The Labute approximate surface area is 210 Å². The van der Waals surface area contributed by atoms with Crippen LogP contribution >= 0.6 is 15.9 Å². The number of piperidine rings is 1. The number of anilines is 1. The Morgan fingerprint density at radius 1 is 1.23 bits per heavy atom. The average Bonchev–Trinajstić information content (AvgIpc) is 3.29. The summed E-state index contributed by atoms with van der Waals surface area (Å²) in [6.07, 6.45) is 4.85. The quantitative estimate of drug-likeness (QED) is 0.370. The first-order valence-corrected chi connectivity index (χ1v) is 13.8. The Morgan fingerprint density at radius 3 is 2.74 bits per heavy atom. The summed E-state index contributed by atoms with van der Waals surface area (Å²) >= 11 is 3.55. The van der Waals surface area contributed by atoms with Gasteiger partial charge in [-0.2, -0.15) is 9.61 Å². The van der Waals surface area contributed by atoms with Gasteiger partial charge >= 0.3 is 0 Å². The minimum atomic E-state index is -3.16. The number of rotatable bonds is 6. The minimum absolute atomic E-state index is 0.122. The third-order valence-electron chi connectivity index (χ3n) is 6.42. The van der Waals surface area contributed by atoms with Crippen LogP contribution in [0, 0.1) is 5.82 Å². The summed E-state index contributed by atoms with van der Waals surface area (Å²) in [6.45, 7) is 3.14. The maximum atomic E-state index is 13.7. The van der Waals surface area contributed by atoms with Crippen molar-refractivity contribution in [3.63, 3.8) is 0 Å². The molecule has 35 heavy (non-hydrogen) atoms. The van der Waals surface area contributed by atoms with Crippen LogP contribution in [-0.2, 0) is 16.6 Å². The van der Waals surface area contributed by atoms with Gasteiger partial charge in [0.15, 0.2) is 5.65 Å². The normalized spacial score (nSPS) is 15.9. The van der Waals surface area contributed by atoms with Crippen LogP contribution in [0.1, 0.15) is 25.5 Å². The molecule has 1 aliphatic rings. The Kier molecular flexibility index (Phi) is 6.47. The van der Waals surface area contributed by atoms with Gasteiger partial charge in [-0.05, 0) is 60.0 Å². The summed E-state index contributed by atoms with van der Waals surface area (Å²) in [5.41, 5.74) is 9.85. The maximum absolute atomic E-state index is 13.7. The van der Waals surface area contributed by atoms with Gasteiger partial charge in [-0.3, -0.25) is 4.98 Å². The lowest BCUT2D eigenvalue weighted by Crippen LogP contribution is -2.45. The molecule has 5 rings (SSSR count). The molecule has 0 atom stereocenters. The second-order valence-electron chi connectivity index (χ2n) is 8.57. The predicted octanol–water partition coefficient (Wildman–Crippen LogP) is 3.33. The molecule has 3 N–H and O–H groups in total. The summed E-state index contributed by atoms with van der Waals surface area (Å²) in [4.78, 5) is 9.27. The second kappa shape index (κ2) is 9.41. The van der Waals surface area contributed by atoms with Gasteiger partial charge in [0, 0.05) is 48.4 Å². The molecule has 0 amide bonds. The van der Waals surface area contributed by atoms with Crippen LogP contribution in [0.2, 0.25) is 0 Å². The first kappa shape index (κ1) is 24.0. The number of aromatic nitrogens is 4. The van der Waals surface area contributed by atoms with Crippen molar-refractivity contribution < 1.29 is 12.8 Å². The smallest absolute Gasteiger partial charge is 0.213 e. The van der Waals surface area contributed by atoms with E-state index < -0.39 is 10.0 Å². The Morgan fingerprint density at radius 2 is 2.00 bits per heavy atom. The molecule has 9 nitrogen and oxygen atoms in total. The highest BCUT2D eigenvalue weighted by molar-refractivity contribution is 9.10. The van der Waals surface area contributed by atoms with Gasteiger partial charge in [-0.15, -0.1) is 0 Å². The van der Waals surface area contributed by atoms with Crippen LogP contribution in [0.4, 0.5) is 10.2 Å². The average molecular weight is 562 g/mol. The molecule has 0 radical (unpaired) electrons. The molecule has 1 saturated heterocycles. The van der Waals surface area contributed by atoms with E-state index in [9.17, 15) is 12.8 Å². The number of nitrogens with zero attached hydrogens (tertiary/aromatic N) is 5. The summed E-state index contributed by atoms with van der Waals surface area (Å²) in [6, 6.07) is 6.51. The SMILES string of the molecule is CCS(=O)(=O)N1CCC(NCc2nc3c(-c4cnc5ccc(F)cc5c4)cnn3c(N)c2Br)CC1. The molecule has 0 saturated carbocycles. The van der Waals surface area contributed by atoms with Crippen molar-refractivity contribution in [2.75, 3.05) is 24.6 Å². The summed E-state index contributed by atoms with van der Waals surface area (Å²) in [7, 11) is -3.16. The Bertz CT molecular complexity index is 1520. The van der Waals surface area contributed by atoms with Gasteiger partial charge in [0.1, 0.15) is 11.6 Å². The van der Waals surface area contributed by atoms with E-state index in [1.807, 2.05) is 6.07 Å². The highest BCUT2D eigenvalue weighted by atomic mass is 79.9. The molecule has 0 unspecified atom stereocenters. The van der Waals surface area contributed by atoms with Crippen LogP contribution in [0.25, 0.3) is 27.7 Å². The molecule has 3 aromatic heterocycles. The van der Waals surface area contributed by atoms with E-state index >= 15 is 0 Å². The monoisotopic (exact) mass is 561 g/mol. The highest BCUT2D eigenvalue weighted by Gasteiger charge is 2.27. The number of hydrogen-bond acceptors (Lipinski definition) is 7. The van der Waals surface area contributed by atoms with E-state index in [1.165, 1.54) is 12.1 Å². The van der Waals surface area contributed by atoms with Crippen LogP contribution in [0.3, 0.4) is 0 Å². The molecule has 0 aliphatic carbocycles. The number of pyridine rings is 1.